The van der Waals surface area contributed by atoms with Crippen molar-refractivity contribution in [2.45, 2.75) is 102 Å². The van der Waals surface area contributed by atoms with Crippen molar-refractivity contribution in [3.05, 3.63) is 0 Å². The molecule has 1 fully saturated rings. The Kier molecular flexibility index (Phi) is 11.9. The number of rotatable bonds is 14. The monoisotopic (exact) mass is 378 g/mol. The van der Waals surface area contributed by atoms with Crippen molar-refractivity contribution in [2.24, 2.45) is 0 Å². The van der Waals surface area contributed by atoms with Crippen molar-refractivity contribution in [3.8, 4) is 0 Å². The van der Waals surface area contributed by atoms with Gasteiger partial charge in [-0.05, 0) is 6.42 Å². The molecule has 0 aromatic carbocycles. The van der Waals surface area contributed by atoms with Crippen LogP contribution >= 0.6 is 0 Å². The van der Waals surface area contributed by atoms with E-state index in [4.69, 9.17) is 14.2 Å². The molecule has 26 heavy (non-hydrogen) atoms. The van der Waals surface area contributed by atoms with Gasteiger partial charge in [-0.1, -0.05) is 64.7 Å². The summed E-state index contributed by atoms with van der Waals surface area (Å²) in [6.07, 6.45) is 6.36. The van der Waals surface area contributed by atoms with Crippen molar-refractivity contribution in [2.75, 3.05) is 20.3 Å². The van der Waals surface area contributed by atoms with E-state index in [1.54, 1.807) is 0 Å². The fraction of sp³-hybridized carbons (Fsp3) is 1.00. The zero-order chi connectivity index (χ0) is 19.4. The van der Waals surface area contributed by atoms with Gasteiger partial charge in [-0.2, -0.15) is 0 Å². The predicted octanol–water partition coefficient (Wildman–Crippen LogP) is 1.70. The molecule has 0 aliphatic carbocycles. The zero-order valence-corrected chi connectivity index (χ0v) is 16.3. The minimum Gasteiger partial charge on any atom is -0.394 e. The molecule has 0 aromatic rings. The molecule has 0 aromatic heterocycles. The van der Waals surface area contributed by atoms with Gasteiger partial charge in [-0.15, -0.1) is 0 Å². The van der Waals surface area contributed by atoms with Crippen molar-refractivity contribution in [3.63, 3.8) is 0 Å². The molecule has 0 amide bonds. The molecule has 0 saturated carbocycles. The third kappa shape index (κ3) is 7.03. The summed E-state index contributed by atoms with van der Waals surface area (Å²) in [5.74, 6) is -1.87. The highest BCUT2D eigenvalue weighted by Gasteiger charge is 2.55. The Morgan fingerprint density at radius 2 is 1.38 bits per heavy atom. The second-order valence-electron chi connectivity index (χ2n) is 7.10. The largest absolute Gasteiger partial charge is 0.394 e. The van der Waals surface area contributed by atoms with Gasteiger partial charge < -0.3 is 34.6 Å². The van der Waals surface area contributed by atoms with Crippen molar-refractivity contribution >= 4 is 0 Å². The molecule has 1 aliphatic heterocycles. The highest BCUT2D eigenvalue weighted by atomic mass is 16.9. The number of methoxy groups -OCH3 is 1. The Morgan fingerprint density at radius 1 is 0.846 bits per heavy atom. The summed E-state index contributed by atoms with van der Waals surface area (Å²) in [6, 6.07) is 0. The van der Waals surface area contributed by atoms with Crippen molar-refractivity contribution in [1.29, 1.82) is 0 Å². The van der Waals surface area contributed by atoms with Crippen LogP contribution in [0.15, 0.2) is 0 Å². The SMILES string of the molecule is CCCCCCCCCCCCO[C@]1(OC)OC(CO)[C@H](O)[C@@H](O)[C@@H]1O. The van der Waals surface area contributed by atoms with E-state index in [1.807, 2.05) is 0 Å². The van der Waals surface area contributed by atoms with Crippen molar-refractivity contribution < 1.29 is 34.6 Å². The molecule has 0 radical (unpaired) electrons. The van der Waals surface area contributed by atoms with Crippen LogP contribution in [0.2, 0.25) is 0 Å². The zero-order valence-electron chi connectivity index (χ0n) is 16.3. The van der Waals surface area contributed by atoms with E-state index < -0.39 is 37.0 Å². The number of hydrogen-bond donors (Lipinski definition) is 4. The van der Waals surface area contributed by atoms with E-state index in [0.717, 1.165) is 19.3 Å². The Balaban J connectivity index is 2.23. The molecule has 4 N–H and O–H groups in total. The van der Waals surface area contributed by atoms with Crippen LogP contribution in [0.1, 0.15) is 71.1 Å². The quantitative estimate of drug-likeness (QED) is 0.269. The molecule has 1 aliphatic rings. The average Bonchev–Trinajstić information content (AvgIpc) is 2.66. The lowest BCUT2D eigenvalue weighted by Gasteiger charge is -2.46. The summed E-state index contributed by atoms with van der Waals surface area (Å²) < 4.78 is 16.1. The summed E-state index contributed by atoms with van der Waals surface area (Å²) >= 11 is 0. The first kappa shape index (κ1) is 23.8. The highest BCUT2D eigenvalue weighted by Crippen LogP contribution is 2.32. The molecule has 0 spiro atoms. The molecule has 1 unspecified atom stereocenters. The summed E-state index contributed by atoms with van der Waals surface area (Å²) in [5.41, 5.74) is 0. The molecule has 1 rings (SSSR count). The predicted molar refractivity (Wildman–Crippen MR) is 97.5 cm³/mol. The standard InChI is InChI=1S/C19H38O7/c1-3-4-5-6-7-8-9-10-11-12-13-25-19(24-2)18(23)17(22)16(21)15(14-20)26-19/h15-18,20-23H,3-14H2,1-2H3/t15?,16-,17+,18-,19-/m0/s1. The second kappa shape index (κ2) is 13.0. The molecule has 5 atom stereocenters. The second-order valence-corrected chi connectivity index (χ2v) is 7.10. The normalized spacial score (nSPS) is 32.1. The molecule has 7 heteroatoms. The smallest absolute Gasteiger partial charge is 0.313 e. The van der Waals surface area contributed by atoms with Gasteiger partial charge in [-0.3, -0.25) is 0 Å². The third-order valence-corrected chi connectivity index (χ3v) is 5.00. The summed E-state index contributed by atoms with van der Waals surface area (Å²) in [7, 11) is 1.29. The lowest BCUT2D eigenvalue weighted by Crippen LogP contribution is -2.66. The molecule has 1 heterocycles. The van der Waals surface area contributed by atoms with Crippen molar-refractivity contribution in [1.82, 2.24) is 0 Å². The van der Waals surface area contributed by atoms with E-state index in [-0.39, 0.29) is 0 Å². The van der Waals surface area contributed by atoms with Crippen LogP contribution in [0.25, 0.3) is 0 Å². The van der Waals surface area contributed by atoms with Gasteiger partial charge in [0.2, 0.25) is 0 Å². The molecule has 0 bridgehead atoms. The van der Waals surface area contributed by atoms with E-state index >= 15 is 0 Å². The van der Waals surface area contributed by atoms with Gasteiger partial charge >= 0.3 is 5.97 Å². The molecule has 1 saturated heterocycles. The summed E-state index contributed by atoms with van der Waals surface area (Å²) in [4.78, 5) is 0. The maximum atomic E-state index is 10.2. The maximum absolute atomic E-state index is 10.2. The van der Waals surface area contributed by atoms with Crippen LogP contribution in [0.5, 0.6) is 0 Å². The van der Waals surface area contributed by atoms with E-state index in [0.29, 0.717) is 6.61 Å². The average molecular weight is 379 g/mol. The van der Waals surface area contributed by atoms with Gasteiger partial charge in [0.1, 0.15) is 18.3 Å². The minimum atomic E-state index is -1.87. The summed E-state index contributed by atoms with van der Waals surface area (Å²) in [6.45, 7) is 2.00. The fourth-order valence-electron chi connectivity index (χ4n) is 3.26. The minimum absolute atomic E-state index is 0.294. The van der Waals surface area contributed by atoms with Crippen LogP contribution in [0.3, 0.4) is 0 Å². The Bertz CT molecular complexity index is 353. The molecular formula is C19H38O7. The first-order chi connectivity index (χ1) is 12.5. The van der Waals surface area contributed by atoms with E-state index in [9.17, 15) is 20.4 Å². The molecular weight excluding hydrogens is 340 g/mol. The van der Waals surface area contributed by atoms with Crippen LogP contribution in [-0.4, -0.2) is 71.1 Å². The summed E-state index contributed by atoms with van der Waals surface area (Å²) in [5, 5.41) is 39.2. The van der Waals surface area contributed by atoms with Gasteiger partial charge in [0, 0.05) is 7.11 Å². The lowest BCUT2D eigenvalue weighted by molar-refractivity contribution is -0.455. The molecule has 7 nitrogen and oxygen atoms in total. The fourth-order valence-corrected chi connectivity index (χ4v) is 3.26. The van der Waals surface area contributed by atoms with Crippen LogP contribution in [-0.2, 0) is 14.2 Å². The number of ether oxygens (including phenoxy) is 3. The topological polar surface area (TPSA) is 109 Å². The maximum Gasteiger partial charge on any atom is 0.313 e. The van der Waals surface area contributed by atoms with Gasteiger partial charge in [-0.25, -0.2) is 0 Å². The number of aliphatic hydroxyl groups excluding tert-OH is 4. The van der Waals surface area contributed by atoms with Gasteiger partial charge in [0.15, 0.2) is 6.10 Å². The first-order valence-corrected chi connectivity index (χ1v) is 10.0. The Labute approximate surface area is 157 Å². The van der Waals surface area contributed by atoms with Crippen LogP contribution < -0.4 is 0 Å². The van der Waals surface area contributed by atoms with Gasteiger partial charge in [0.05, 0.1) is 13.2 Å². The van der Waals surface area contributed by atoms with E-state index in [2.05, 4.69) is 6.92 Å². The number of aliphatic hydroxyl groups is 4. The Hall–Kier alpha value is -0.280. The molecule has 156 valence electrons. The van der Waals surface area contributed by atoms with Crippen LogP contribution in [0, 0.1) is 0 Å². The third-order valence-electron chi connectivity index (χ3n) is 5.00. The Morgan fingerprint density at radius 3 is 1.88 bits per heavy atom. The number of unbranched alkanes of at least 4 members (excludes halogenated alkanes) is 9. The van der Waals surface area contributed by atoms with Gasteiger partial charge in [0.25, 0.3) is 0 Å². The highest BCUT2D eigenvalue weighted by molar-refractivity contribution is 4.92. The van der Waals surface area contributed by atoms with Crippen LogP contribution in [0.4, 0.5) is 0 Å². The number of hydrogen-bond acceptors (Lipinski definition) is 7. The van der Waals surface area contributed by atoms with E-state index in [1.165, 1.54) is 52.1 Å². The lowest BCUT2D eigenvalue weighted by atomic mass is 9.97. The first-order valence-electron chi connectivity index (χ1n) is 10.0.